The first-order valence-corrected chi connectivity index (χ1v) is 4.20. The predicted molar refractivity (Wildman–Crippen MR) is 48.5 cm³/mol. The number of rotatable bonds is 1. The molecule has 1 aromatic carbocycles. The van der Waals surface area contributed by atoms with E-state index < -0.39 is 35.1 Å². The molecular formula is C9H6F4N2O2. The Kier molecular flexibility index (Phi) is 3.35. The number of nitrogens with one attached hydrogen (secondary N) is 1. The van der Waals surface area contributed by atoms with Crippen LogP contribution in [0.3, 0.4) is 0 Å². The fourth-order valence-corrected chi connectivity index (χ4v) is 1.11. The maximum Gasteiger partial charge on any atom is 0.419 e. The van der Waals surface area contributed by atoms with E-state index in [1.807, 2.05) is 0 Å². The van der Waals surface area contributed by atoms with E-state index in [-0.39, 0.29) is 0 Å². The van der Waals surface area contributed by atoms with Gasteiger partial charge in [0.2, 0.25) is 0 Å². The minimum absolute atomic E-state index is 0.483. The molecule has 1 aromatic rings. The number of hydrogen-bond acceptors (Lipinski definition) is 2. The molecule has 0 radical (unpaired) electrons. The van der Waals surface area contributed by atoms with Gasteiger partial charge in [0.25, 0.3) is 5.91 Å². The van der Waals surface area contributed by atoms with E-state index in [2.05, 4.69) is 5.73 Å². The Bertz CT molecular complexity index is 471. The summed E-state index contributed by atoms with van der Waals surface area (Å²) in [5, 5.41) is 1.47. The molecule has 92 valence electrons. The number of carbonyl (C=O) groups is 2. The Balaban J connectivity index is 3.20. The molecule has 0 saturated heterocycles. The molecule has 0 aliphatic carbocycles. The van der Waals surface area contributed by atoms with Gasteiger partial charge in [-0.05, 0) is 12.1 Å². The van der Waals surface area contributed by atoms with E-state index in [9.17, 15) is 27.2 Å². The first-order chi connectivity index (χ1) is 7.73. The summed E-state index contributed by atoms with van der Waals surface area (Å²) in [7, 11) is 0. The fourth-order valence-electron chi connectivity index (χ4n) is 1.11. The van der Waals surface area contributed by atoms with Gasteiger partial charge >= 0.3 is 12.2 Å². The SMILES string of the molecule is NC(=O)NC(=O)c1cccc(C(F)(F)F)c1F. The number of imide groups is 1. The number of amides is 3. The smallest absolute Gasteiger partial charge is 0.351 e. The largest absolute Gasteiger partial charge is 0.419 e. The average Bonchev–Trinajstić information content (AvgIpc) is 2.14. The third-order valence-corrected chi connectivity index (χ3v) is 1.79. The Morgan fingerprint density at radius 3 is 2.29 bits per heavy atom. The van der Waals surface area contributed by atoms with Gasteiger partial charge in [0, 0.05) is 0 Å². The molecule has 0 aromatic heterocycles. The highest BCUT2D eigenvalue weighted by atomic mass is 19.4. The first kappa shape index (κ1) is 12.9. The maximum atomic E-state index is 13.3. The predicted octanol–water partition coefficient (Wildman–Crippen LogP) is 1.65. The van der Waals surface area contributed by atoms with Crippen molar-refractivity contribution in [2.45, 2.75) is 6.18 Å². The Morgan fingerprint density at radius 1 is 1.24 bits per heavy atom. The molecule has 3 amide bonds. The molecule has 0 fully saturated rings. The van der Waals surface area contributed by atoms with Crippen LogP contribution in [0.1, 0.15) is 15.9 Å². The number of hydrogen-bond donors (Lipinski definition) is 2. The molecule has 0 aliphatic rings. The van der Waals surface area contributed by atoms with Crippen molar-refractivity contribution in [2.75, 3.05) is 0 Å². The van der Waals surface area contributed by atoms with Crippen molar-refractivity contribution in [2.24, 2.45) is 5.73 Å². The number of primary amides is 1. The molecule has 0 heterocycles. The van der Waals surface area contributed by atoms with Crippen LogP contribution in [0.25, 0.3) is 0 Å². The fraction of sp³-hybridized carbons (Fsp3) is 0.111. The zero-order valence-electron chi connectivity index (χ0n) is 8.14. The van der Waals surface area contributed by atoms with Crippen LogP contribution in [-0.4, -0.2) is 11.9 Å². The summed E-state index contributed by atoms with van der Waals surface area (Å²) in [6, 6.07) is 0.855. The minimum atomic E-state index is -4.92. The molecule has 17 heavy (non-hydrogen) atoms. The lowest BCUT2D eigenvalue weighted by Gasteiger charge is -2.10. The number of nitrogens with two attached hydrogens (primary N) is 1. The second-order valence-corrected chi connectivity index (χ2v) is 2.98. The van der Waals surface area contributed by atoms with E-state index in [0.29, 0.717) is 6.07 Å². The van der Waals surface area contributed by atoms with Gasteiger partial charge in [-0.15, -0.1) is 0 Å². The van der Waals surface area contributed by atoms with Crippen LogP contribution in [0.5, 0.6) is 0 Å². The van der Waals surface area contributed by atoms with Gasteiger partial charge in [-0.2, -0.15) is 13.2 Å². The van der Waals surface area contributed by atoms with Crippen molar-refractivity contribution in [3.63, 3.8) is 0 Å². The van der Waals surface area contributed by atoms with Crippen LogP contribution in [0.15, 0.2) is 18.2 Å². The molecule has 0 aliphatic heterocycles. The number of alkyl halides is 3. The van der Waals surface area contributed by atoms with Gasteiger partial charge in [0.15, 0.2) is 0 Å². The number of carbonyl (C=O) groups excluding carboxylic acids is 2. The Labute approximate surface area is 92.4 Å². The second kappa shape index (κ2) is 4.40. The zero-order chi connectivity index (χ0) is 13.2. The summed E-state index contributed by atoms with van der Waals surface area (Å²) in [5.74, 6) is -3.08. The van der Waals surface area contributed by atoms with Gasteiger partial charge in [0.1, 0.15) is 5.82 Å². The highest BCUT2D eigenvalue weighted by molar-refractivity contribution is 6.04. The van der Waals surface area contributed by atoms with E-state index in [1.165, 1.54) is 5.32 Å². The van der Waals surface area contributed by atoms with Crippen LogP contribution in [0, 0.1) is 5.82 Å². The quantitative estimate of drug-likeness (QED) is 0.744. The summed E-state index contributed by atoms with van der Waals surface area (Å²) in [5.41, 5.74) is 2.10. The van der Waals surface area contributed by atoms with E-state index in [1.54, 1.807) is 0 Å². The van der Waals surface area contributed by atoms with Crippen LogP contribution >= 0.6 is 0 Å². The van der Waals surface area contributed by atoms with Crippen molar-refractivity contribution in [1.82, 2.24) is 5.32 Å². The van der Waals surface area contributed by atoms with Gasteiger partial charge in [-0.25, -0.2) is 9.18 Å². The number of halogens is 4. The molecule has 0 saturated carbocycles. The van der Waals surface area contributed by atoms with Crippen LogP contribution < -0.4 is 11.1 Å². The molecule has 0 atom stereocenters. The lowest BCUT2D eigenvalue weighted by Crippen LogP contribution is -2.35. The van der Waals surface area contributed by atoms with Crippen molar-refractivity contribution >= 4 is 11.9 Å². The maximum absolute atomic E-state index is 13.3. The molecule has 4 nitrogen and oxygen atoms in total. The highest BCUT2D eigenvalue weighted by Crippen LogP contribution is 2.32. The van der Waals surface area contributed by atoms with Crippen molar-refractivity contribution in [3.8, 4) is 0 Å². The Morgan fingerprint density at radius 2 is 1.82 bits per heavy atom. The standard InChI is InChI=1S/C9H6F4N2O2/c10-6-4(7(16)15-8(14)17)2-1-3-5(6)9(11,12)13/h1-3H,(H3,14,15,16,17). The minimum Gasteiger partial charge on any atom is -0.351 e. The Hall–Kier alpha value is -2.12. The summed E-state index contributed by atoms with van der Waals surface area (Å²) in [6.45, 7) is 0. The second-order valence-electron chi connectivity index (χ2n) is 2.98. The molecule has 1 rings (SSSR count). The molecule has 3 N–H and O–H groups in total. The highest BCUT2D eigenvalue weighted by Gasteiger charge is 2.35. The lowest BCUT2D eigenvalue weighted by molar-refractivity contribution is -0.140. The molecule has 8 heteroatoms. The van der Waals surface area contributed by atoms with Crippen LogP contribution in [0.4, 0.5) is 22.4 Å². The average molecular weight is 250 g/mol. The zero-order valence-corrected chi connectivity index (χ0v) is 8.14. The van der Waals surface area contributed by atoms with Gasteiger partial charge < -0.3 is 5.73 Å². The van der Waals surface area contributed by atoms with Crippen LogP contribution in [0.2, 0.25) is 0 Å². The topological polar surface area (TPSA) is 72.2 Å². The lowest BCUT2D eigenvalue weighted by atomic mass is 10.1. The van der Waals surface area contributed by atoms with Crippen LogP contribution in [-0.2, 0) is 6.18 Å². The molecule has 0 spiro atoms. The van der Waals surface area contributed by atoms with E-state index in [0.717, 1.165) is 12.1 Å². The summed E-state index contributed by atoms with van der Waals surface area (Å²) >= 11 is 0. The molecular weight excluding hydrogens is 244 g/mol. The molecule has 0 bridgehead atoms. The summed E-state index contributed by atoms with van der Waals surface area (Å²) < 4.78 is 50.2. The van der Waals surface area contributed by atoms with Gasteiger partial charge in [0.05, 0.1) is 11.1 Å². The van der Waals surface area contributed by atoms with E-state index in [4.69, 9.17) is 0 Å². The monoisotopic (exact) mass is 250 g/mol. The van der Waals surface area contributed by atoms with Crippen molar-refractivity contribution in [3.05, 3.63) is 35.1 Å². The van der Waals surface area contributed by atoms with E-state index >= 15 is 0 Å². The third-order valence-electron chi connectivity index (χ3n) is 1.79. The van der Waals surface area contributed by atoms with Crippen molar-refractivity contribution in [1.29, 1.82) is 0 Å². The summed E-state index contributed by atoms with van der Waals surface area (Å²) in [4.78, 5) is 21.5. The van der Waals surface area contributed by atoms with Gasteiger partial charge in [-0.3, -0.25) is 10.1 Å². The first-order valence-electron chi connectivity index (χ1n) is 4.20. The number of benzene rings is 1. The molecule has 0 unspecified atom stereocenters. The van der Waals surface area contributed by atoms with Gasteiger partial charge in [-0.1, -0.05) is 6.07 Å². The van der Waals surface area contributed by atoms with Crippen molar-refractivity contribution < 1.29 is 27.2 Å². The summed E-state index contributed by atoms with van der Waals surface area (Å²) in [6.07, 6.45) is -4.92. The normalized spacial score (nSPS) is 11.1. The third kappa shape index (κ3) is 2.92. The number of urea groups is 1.